The third kappa shape index (κ3) is 5.68. The Kier molecular flexibility index (Phi) is 5.98. The van der Waals surface area contributed by atoms with Gasteiger partial charge in [-0.05, 0) is 19.3 Å². The fourth-order valence-electron chi connectivity index (χ4n) is 1.79. The van der Waals surface area contributed by atoms with Crippen LogP contribution < -0.4 is 5.32 Å². The molecule has 1 rings (SSSR count). The summed E-state index contributed by atoms with van der Waals surface area (Å²) in [4.78, 5) is 0. The Bertz CT molecular complexity index is 328. The monoisotopic (exact) mass is 235 g/mol. The summed E-state index contributed by atoms with van der Waals surface area (Å²) in [5.74, 6) is 0.813. The molecule has 96 valence electrons. The van der Waals surface area contributed by atoms with Crippen molar-refractivity contribution in [3.63, 3.8) is 0 Å². The normalized spacial score (nSPS) is 12.9. The molecule has 1 heterocycles. The second-order valence-corrected chi connectivity index (χ2v) is 5.12. The van der Waals surface area contributed by atoms with Gasteiger partial charge in [-0.1, -0.05) is 33.3 Å². The highest BCUT2D eigenvalue weighted by atomic mass is 15.2. The van der Waals surface area contributed by atoms with Crippen LogP contribution in [0.25, 0.3) is 6.20 Å². The molecule has 1 atom stereocenters. The third-order valence-corrected chi connectivity index (χ3v) is 2.92. The maximum absolute atomic E-state index is 4.16. The zero-order valence-corrected chi connectivity index (χ0v) is 11.3. The van der Waals surface area contributed by atoms with Crippen LogP contribution in [0.1, 0.15) is 45.6 Å². The third-order valence-electron chi connectivity index (χ3n) is 2.92. The highest BCUT2D eigenvalue weighted by Crippen LogP contribution is 2.08. The summed E-state index contributed by atoms with van der Waals surface area (Å²) in [6.45, 7) is 11.4. The quantitative estimate of drug-likeness (QED) is 0.749. The molecule has 0 aliphatic rings. The SMILES string of the molecule is C=Cn1cc(CNC(C)CCCC(C)C)cn1. The first-order valence-electron chi connectivity index (χ1n) is 6.50. The molecule has 0 saturated carbocycles. The first-order valence-corrected chi connectivity index (χ1v) is 6.50. The molecular weight excluding hydrogens is 210 g/mol. The van der Waals surface area contributed by atoms with Gasteiger partial charge in [-0.15, -0.1) is 0 Å². The Labute approximate surface area is 105 Å². The lowest BCUT2D eigenvalue weighted by molar-refractivity contribution is 0.457. The molecule has 1 aromatic heterocycles. The lowest BCUT2D eigenvalue weighted by Crippen LogP contribution is -2.25. The van der Waals surface area contributed by atoms with Crippen molar-refractivity contribution in [2.45, 2.75) is 52.6 Å². The molecule has 0 radical (unpaired) electrons. The highest BCUT2D eigenvalue weighted by molar-refractivity contribution is 5.17. The number of nitrogens with one attached hydrogen (secondary N) is 1. The molecule has 1 N–H and O–H groups in total. The summed E-state index contributed by atoms with van der Waals surface area (Å²) in [7, 11) is 0. The Morgan fingerprint density at radius 3 is 2.76 bits per heavy atom. The molecule has 0 bridgehead atoms. The van der Waals surface area contributed by atoms with Gasteiger partial charge in [0.05, 0.1) is 6.20 Å². The van der Waals surface area contributed by atoms with E-state index in [1.165, 1.54) is 24.8 Å². The van der Waals surface area contributed by atoms with E-state index in [2.05, 4.69) is 37.8 Å². The molecule has 0 saturated heterocycles. The molecule has 0 aromatic carbocycles. The van der Waals surface area contributed by atoms with Gasteiger partial charge in [0.25, 0.3) is 0 Å². The molecule has 0 aliphatic heterocycles. The van der Waals surface area contributed by atoms with Gasteiger partial charge >= 0.3 is 0 Å². The second-order valence-electron chi connectivity index (χ2n) is 5.12. The minimum Gasteiger partial charge on any atom is -0.310 e. The average molecular weight is 235 g/mol. The van der Waals surface area contributed by atoms with Crippen molar-refractivity contribution in [3.05, 3.63) is 24.5 Å². The maximum Gasteiger partial charge on any atom is 0.0538 e. The topological polar surface area (TPSA) is 29.9 Å². The lowest BCUT2D eigenvalue weighted by Gasteiger charge is -2.13. The van der Waals surface area contributed by atoms with E-state index in [1.807, 2.05) is 12.4 Å². The van der Waals surface area contributed by atoms with Gasteiger partial charge in [0, 0.05) is 30.5 Å². The first kappa shape index (κ1) is 14.0. The molecule has 0 spiro atoms. The van der Waals surface area contributed by atoms with Crippen LogP contribution in [-0.2, 0) is 6.54 Å². The van der Waals surface area contributed by atoms with E-state index in [9.17, 15) is 0 Å². The van der Waals surface area contributed by atoms with E-state index in [4.69, 9.17) is 0 Å². The van der Waals surface area contributed by atoms with Gasteiger partial charge in [0.15, 0.2) is 0 Å². The van der Waals surface area contributed by atoms with Gasteiger partial charge in [0.1, 0.15) is 0 Å². The van der Waals surface area contributed by atoms with E-state index in [1.54, 1.807) is 10.9 Å². The molecule has 0 aliphatic carbocycles. The van der Waals surface area contributed by atoms with E-state index in [0.29, 0.717) is 6.04 Å². The van der Waals surface area contributed by atoms with Gasteiger partial charge in [-0.3, -0.25) is 0 Å². The van der Waals surface area contributed by atoms with Crippen molar-refractivity contribution in [1.29, 1.82) is 0 Å². The van der Waals surface area contributed by atoms with Crippen molar-refractivity contribution in [2.75, 3.05) is 0 Å². The standard InChI is InChI=1S/C14H25N3/c1-5-17-11-14(10-16-17)9-15-13(4)8-6-7-12(2)3/h5,10-13,15H,1,6-9H2,2-4H3. The van der Waals surface area contributed by atoms with E-state index >= 15 is 0 Å². The minimum atomic E-state index is 0.570. The van der Waals surface area contributed by atoms with Crippen molar-refractivity contribution >= 4 is 6.20 Å². The van der Waals surface area contributed by atoms with Crippen LogP contribution in [0.4, 0.5) is 0 Å². The summed E-state index contributed by atoms with van der Waals surface area (Å²) < 4.78 is 1.74. The molecule has 3 nitrogen and oxygen atoms in total. The van der Waals surface area contributed by atoms with Crippen molar-refractivity contribution in [3.8, 4) is 0 Å². The smallest absolute Gasteiger partial charge is 0.0538 e. The fourth-order valence-corrected chi connectivity index (χ4v) is 1.79. The largest absolute Gasteiger partial charge is 0.310 e. The summed E-state index contributed by atoms with van der Waals surface area (Å²) in [6, 6.07) is 0.570. The van der Waals surface area contributed by atoms with Crippen LogP contribution >= 0.6 is 0 Å². The summed E-state index contributed by atoms with van der Waals surface area (Å²) in [6.07, 6.45) is 9.46. The zero-order valence-electron chi connectivity index (χ0n) is 11.3. The Morgan fingerprint density at radius 2 is 2.18 bits per heavy atom. The fraction of sp³-hybridized carbons (Fsp3) is 0.643. The van der Waals surface area contributed by atoms with Crippen LogP contribution in [-0.4, -0.2) is 15.8 Å². The Hall–Kier alpha value is -1.09. The summed E-state index contributed by atoms with van der Waals surface area (Å²) in [5, 5.41) is 7.68. The molecule has 17 heavy (non-hydrogen) atoms. The molecule has 1 aromatic rings. The van der Waals surface area contributed by atoms with Gasteiger partial charge in [-0.2, -0.15) is 5.10 Å². The van der Waals surface area contributed by atoms with Gasteiger partial charge < -0.3 is 5.32 Å². The van der Waals surface area contributed by atoms with Crippen molar-refractivity contribution in [2.24, 2.45) is 5.92 Å². The van der Waals surface area contributed by atoms with Crippen LogP contribution in [0.15, 0.2) is 19.0 Å². The molecule has 1 unspecified atom stereocenters. The van der Waals surface area contributed by atoms with E-state index in [-0.39, 0.29) is 0 Å². The summed E-state index contributed by atoms with van der Waals surface area (Å²) >= 11 is 0. The molecule has 3 heteroatoms. The number of nitrogens with zero attached hydrogens (tertiary/aromatic N) is 2. The first-order chi connectivity index (χ1) is 8.11. The zero-order chi connectivity index (χ0) is 12.7. The predicted molar refractivity (Wildman–Crippen MR) is 73.6 cm³/mol. The van der Waals surface area contributed by atoms with Crippen LogP contribution in [0.5, 0.6) is 0 Å². The highest BCUT2D eigenvalue weighted by Gasteiger charge is 2.03. The predicted octanol–water partition coefficient (Wildman–Crippen LogP) is 3.29. The summed E-state index contributed by atoms with van der Waals surface area (Å²) in [5.41, 5.74) is 1.21. The van der Waals surface area contributed by atoms with Crippen molar-refractivity contribution in [1.82, 2.24) is 15.1 Å². The average Bonchev–Trinajstić information content (AvgIpc) is 2.73. The van der Waals surface area contributed by atoms with Crippen LogP contribution in [0.2, 0.25) is 0 Å². The molecule has 0 fully saturated rings. The Balaban J connectivity index is 2.18. The van der Waals surface area contributed by atoms with E-state index < -0.39 is 0 Å². The number of rotatable bonds is 8. The van der Waals surface area contributed by atoms with Crippen LogP contribution in [0.3, 0.4) is 0 Å². The van der Waals surface area contributed by atoms with E-state index in [0.717, 1.165) is 12.5 Å². The number of aromatic nitrogens is 2. The lowest BCUT2D eigenvalue weighted by atomic mass is 10.0. The number of hydrogen-bond donors (Lipinski definition) is 1. The number of hydrogen-bond acceptors (Lipinski definition) is 2. The maximum atomic E-state index is 4.16. The van der Waals surface area contributed by atoms with Crippen LogP contribution in [0, 0.1) is 5.92 Å². The van der Waals surface area contributed by atoms with Gasteiger partial charge in [0.2, 0.25) is 0 Å². The Morgan fingerprint density at radius 1 is 1.41 bits per heavy atom. The molecule has 0 amide bonds. The van der Waals surface area contributed by atoms with Gasteiger partial charge in [-0.25, -0.2) is 4.68 Å². The second kappa shape index (κ2) is 7.28. The van der Waals surface area contributed by atoms with Crippen molar-refractivity contribution < 1.29 is 0 Å². The minimum absolute atomic E-state index is 0.570. The molecular formula is C14H25N3.